The normalized spacial score (nSPS) is 26.4. The molecular weight excluding hydrogens is 364 g/mol. The molecule has 1 aliphatic carbocycles. The number of aliphatic hydroxyl groups excluding tert-OH is 1. The van der Waals surface area contributed by atoms with E-state index in [0.29, 0.717) is 12.5 Å². The van der Waals surface area contributed by atoms with E-state index in [-0.39, 0.29) is 22.5 Å². The van der Waals surface area contributed by atoms with Crippen LogP contribution in [0, 0.1) is 28.2 Å². The molecule has 0 aromatic heterocycles. The van der Waals surface area contributed by atoms with Crippen molar-refractivity contribution in [1.82, 2.24) is 0 Å². The molecule has 1 N–H and O–H groups in total. The molecule has 1 fully saturated rings. The van der Waals surface area contributed by atoms with Gasteiger partial charge in [-0.15, -0.1) is 11.5 Å². The molecule has 0 unspecified atom stereocenters. The molecule has 0 heterocycles. The van der Waals surface area contributed by atoms with E-state index in [2.05, 4.69) is 78.8 Å². The van der Waals surface area contributed by atoms with Gasteiger partial charge in [-0.3, -0.25) is 0 Å². The fourth-order valence-electron chi connectivity index (χ4n) is 4.26. The van der Waals surface area contributed by atoms with Gasteiger partial charge in [0.25, 0.3) is 0 Å². The predicted molar refractivity (Wildman–Crippen MR) is 124 cm³/mol. The highest BCUT2D eigenvalue weighted by atomic mass is 28.4. The van der Waals surface area contributed by atoms with E-state index in [9.17, 15) is 5.11 Å². The zero-order chi connectivity index (χ0) is 21.1. The molecule has 27 heavy (non-hydrogen) atoms. The van der Waals surface area contributed by atoms with Gasteiger partial charge in [-0.1, -0.05) is 60.7 Å². The molecule has 0 saturated heterocycles. The lowest BCUT2D eigenvalue weighted by atomic mass is 9.55. The second-order valence-corrected chi connectivity index (χ2v) is 21.6. The third-order valence-corrected chi connectivity index (χ3v) is 12.4. The fourth-order valence-corrected chi connectivity index (χ4v) is 6.00. The highest BCUT2D eigenvalue weighted by Crippen LogP contribution is 2.53. The number of rotatable bonds is 6. The lowest BCUT2D eigenvalue weighted by Crippen LogP contribution is -2.52. The summed E-state index contributed by atoms with van der Waals surface area (Å²) in [7, 11) is -3.14. The quantitative estimate of drug-likeness (QED) is 0.401. The fraction of sp³-hybridized carbons (Fsp3) is 0.913. The van der Waals surface area contributed by atoms with Crippen molar-refractivity contribution in [1.29, 1.82) is 0 Å². The minimum absolute atomic E-state index is 0.113. The molecule has 1 saturated carbocycles. The Labute approximate surface area is 172 Å². The number of hydrogen-bond acceptors (Lipinski definition) is 2. The van der Waals surface area contributed by atoms with E-state index in [1.165, 1.54) is 12.8 Å². The first-order valence-electron chi connectivity index (χ1n) is 10.8. The predicted octanol–water partition coefficient (Wildman–Crippen LogP) is 6.47. The van der Waals surface area contributed by atoms with Gasteiger partial charge < -0.3 is 9.53 Å². The molecule has 0 radical (unpaired) electrons. The first kappa shape index (κ1) is 25.0. The number of hydrogen-bond donors (Lipinski definition) is 1. The van der Waals surface area contributed by atoms with Crippen LogP contribution in [0.5, 0.6) is 0 Å². The summed E-state index contributed by atoms with van der Waals surface area (Å²) >= 11 is 0. The van der Waals surface area contributed by atoms with Crippen LogP contribution in [0.1, 0.15) is 66.7 Å². The van der Waals surface area contributed by atoms with Crippen LogP contribution in [-0.4, -0.2) is 34.7 Å². The maximum Gasteiger partial charge on any atom is 0.192 e. The Bertz CT molecular complexity index is 543. The lowest BCUT2D eigenvalue weighted by molar-refractivity contribution is -0.0801. The second-order valence-electron chi connectivity index (χ2n) is 12.1. The van der Waals surface area contributed by atoms with Crippen molar-refractivity contribution in [2.45, 2.75) is 104 Å². The van der Waals surface area contributed by atoms with Crippen LogP contribution in [0.4, 0.5) is 0 Å². The summed E-state index contributed by atoms with van der Waals surface area (Å²) < 4.78 is 6.66. The standard InChI is InChI=1S/C23H46O2Si2/c1-21(2,3)27(9,10)25-19-23(18-24)16-13-15-22(4,5)20(23)14-11-12-17-26(6,7)8/h20,24H,11,13-16,18-19H2,1-10H3/t20-,23-/m0/s1. The minimum atomic E-state index is -1.82. The molecule has 0 spiro atoms. The van der Waals surface area contributed by atoms with Crippen molar-refractivity contribution >= 4 is 16.4 Å². The average Bonchev–Trinajstić information content (AvgIpc) is 2.48. The lowest BCUT2D eigenvalue weighted by Gasteiger charge is -2.53. The summed E-state index contributed by atoms with van der Waals surface area (Å²) in [5.41, 5.74) is 3.63. The molecule has 1 rings (SSSR count). The average molecular weight is 411 g/mol. The van der Waals surface area contributed by atoms with Crippen molar-refractivity contribution in [3.05, 3.63) is 0 Å². The molecule has 158 valence electrons. The second kappa shape index (κ2) is 8.73. The van der Waals surface area contributed by atoms with Crippen molar-refractivity contribution in [3.8, 4) is 11.5 Å². The third-order valence-electron chi connectivity index (χ3n) is 7.04. The van der Waals surface area contributed by atoms with Gasteiger partial charge in [0.1, 0.15) is 8.07 Å². The summed E-state index contributed by atoms with van der Waals surface area (Å²) in [6.45, 7) is 24.1. The molecular formula is C23H46O2Si2. The zero-order valence-electron chi connectivity index (χ0n) is 19.9. The summed E-state index contributed by atoms with van der Waals surface area (Å²) in [5.74, 6) is 3.93. The summed E-state index contributed by atoms with van der Waals surface area (Å²) in [6.07, 6.45) is 5.52. The van der Waals surface area contributed by atoms with Crippen LogP contribution < -0.4 is 0 Å². The van der Waals surface area contributed by atoms with E-state index < -0.39 is 16.4 Å². The number of aliphatic hydroxyl groups is 1. The van der Waals surface area contributed by atoms with Gasteiger partial charge >= 0.3 is 0 Å². The Balaban J connectivity index is 3.02. The van der Waals surface area contributed by atoms with Crippen LogP contribution in [0.25, 0.3) is 0 Å². The minimum Gasteiger partial charge on any atom is -0.416 e. The van der Waals surface area contributed by atoms with E-state index >= 15 is 0 Å². The van der Waals surface area contributed by atoms with Crippen LogP contribution in [0.15, 0.2) is 0 Å². The summed E-state index contributed by atoms with van der Waals surface area (Å²) in [4.78, 5) is 0. The van der Waals surface area contributed by atoms with Gasteiger partial charge in [0.05, 0.1) is 6.61 Å². The van der Waals surface area contributed by atoms with Crippen molar-refractivity contribution in [2.24, 2.45) is 16.7 Å². The third kappa shape index (κ3) is 6.73. The topological polar surface area (TPSA) is 29.5 Å². The molecule has 0 aromatic rings. The van der Waals surface area contributed by atoms with Gasteiger partial charge in [0.2, 0.25) is 0 Å². The molecule has 0 aliphatic heterocycles. The first-order chi connectivity index (χ1) is 12.1. The Kier molecular flexibility index (Phi) is 8.07. The molecule has 0 bridgehead atoms. The van der Waals surface area contributed by atoms with Crippen molar-refractivity contribution in [3.63, 3.8) is 0 Å². The SMILES string of the molecule is CC1(C)CCC[C@](CO)(CO[Si](C)(C)C(C)(C)C)[C@H]1CCC#C[Si](C)(C)C. The van der Waals surface area contributed by atoms with Crippen LogP contribution in [0.2, 0.25) is 37.8 Å². The van der Waals surface area contributed by atoms with Gasteiger partial charge in [-0.2, -0.15) is 0 Å². The Morgan fingerprint density at radius 1 is 1.07 bits per heavy atom. The van der Waals surface area contributed by atoms with Crippen molar-refractivity contribution in [2.75, 3.05) is 13.2 Å². The van der Waals surface area contributed by atoms with Gasteiger partial charge in [-0.05, 0) is 48.7 Å². The van der Waals surface area contributed by atoms with Crippen molar-refractivity contribution < 1.29 is 9.53 Å². The summed E-state index contributed by atoms with van der Waals surface area (Å²) in [6, 6.07) is 0. The Hall–Kier alpha value is -0.0862. The van der Waals surface area contributed by atoms with E-state index in [0.717, 1.165) is 19.3 Å². The zero-order valence-corrected chi connectivity index (χ0v) is 21.9. The summed E-state index contributed by atoms with van der Waals surface area (Å²) in [5, 5.41) is 10.7. The molecule has 1 aliphatic rings. The first-order valence-corrected chi connectivity index (χ1v) is 17.2. The van der Waals surface area contributed by atoms with Crippen LogP contribution in [-0.2, 0) is 4.43 Å². The highest BCUT2D eigenvalue weighted by molar-refractivity contribution is 6.83. The highest BCUT2D eigenvalue weighted by Gasteiger charge is 2.50. The van der Waals surface area contributed by atoms with Gasteiger partial charge in [0.15, 0.2) is 8.32 Å². The molecule has 0 aromatic carbocycles. The van der Waals surface area contributed by atoms with E-state index in [4.69, 9.17) is 4.43 Å². The van der Waals surface area contributed by atoms with E-state index in [1.54, 1.807) is 0 Å². The molecule has 0 amide bonds. The molecule has 4 heteroatoms. The Morgan fingerprint density at radius 2 is 1.67 bits per heavy atom. The van der Waals surface area contributed by atoms with E-state index in [1.807, 2.05) is 0 Å². The maximum absolute atomic E-state index is 10.5. The molecule has 2 atom stereocenters. The van der Waals surface area contributed by atoms with Crippen LogP contribution >= 0.6 is 0 Å². The monoisotopic (exact) mass is 410 g/mol. The molecule has 2 nitrogen and oxygen atoms in total. The van der Waals surface area contributed by atoms with Gasteiger partial charge in [0, 0.05) is 18.4 Å². The maximum atomic E-state index is 10.5. The Morgan fingerprint density at radius 3 is 2.15 bits per heavy atom. The van der Waals surface area contributed by atoms with Crippen LogP contribution in [0.3, 0.4) is 0 Å². The van der Waals surface area contributed by atoms with Gasteiger partial charge in [-0.25, -0.2) is 0 Å². The largest absolute Gasteiger partial charge is 0.416 e. The smallest absolute Gasteiger partial charge is 0.192 e.